The molecule has 5 heteroatoms. The van der Waals surface area contributed by atoms with Crippen molar-refractivity contribution in [3.8, 4) is 0 Å². The van der Waals surface area contributed by atoms with Crippen molar-refractivity contribution < 1.29 is 9.59 Å². The van der Waals surface area contributed by atoms with Gasteiger partial charge in [0.2, 0.25) is 0 Å². The van der Waals surface area contributed by atoms with E-state index in [0.717, 1.165) is 63.1 Å². The van der Waals surface area contributed by atoms with Crippen LogP contribution in [0.1, 0.15) is 54.9 Å². The lowest BCUT2D eigenvalue weighted by Gasteiger charge is -2.32. The van der Waals surface area contributed by atoms with Crippen molar-refractivity contribution in [3.63, 3.8) is 0 Å². The summed E-state index contributed by atoms with van der Waals surface area (Å²) in [6.07, 6.45) is 5.60. The van der Waals surface area contributed by atoms with Crippen LogP contribution in [0.3, 0.4) is 0 Å². The van der Waals surface area contributed by atoms with Crippen molar-refractivity contribution in [2.24, 2.45) is 5.92 Å². The van der Waals surface area contributed by atoms with Gasteiger partial charge in [0.1, 0.15) is 0 Å². The number of likely N-dealkylation sites (tertiary alicyclic amines) is 2. The Labute approximate surface area is 150 Å². The topological polar surface area (TPSA) is 52.7 Å². The summed E-state index contributed by atoms with van der Waals surface area (Å²) in [5.74, 6) is 0.710. The molecule has 0 bridgehead atoms. The molecule has 25 heavy (non-hydrogen) atoms. The maximum atomic E-state index is 12.5. The summed E-state index contributed by atoms with van der Waals surface area (Å²) in [6, 6.07) is 5.55. The number of benzene rings is 1. The molecule has 3 amide bonds. The Morgan fingerprint density at radius 2 is 1.84 bits per heavy atom. The van der Waals surface area contributed by atoms with Crippen molar-refractivity contribution in [1.82, 2.24) is 9.80 Å². The lowest BCUT2D eigenvalue weighted by Crippen LogP contribution is -2.42. The molecular weight excluding hydrogens is 314 g/mol. The molecule has 2 aliphatic rings. The van der Waals surface area contributed by atoms with Crippen LogP contribution in [0, 0.1) is 12.8 Å². The van der Waals surface area contributed by atoms with Crippen LogP contribution >= 0.6 is 0 Å². The minimum Gasteiger partial charge on any atom is -0.339 e. The van der Waals surface area contributed by atoms with E-state index in [2.05, 4.69) is 12.2 Å². The van der Waals surface area contributed by atoms with Crippen molar-refractivity contribution >= 4 is 17.6 Å². The first-order valence-electron chi connectivity index (χ1n) is 9.54. The lowest BCUT2D eigenvalue weighted by atomic mass is 9.96. The third kappa shape index (κ3) is 4.14. The average Bonchev–Trinajstić information content (AvgIpc) is 3.17. The predicted molar refractivity (Wildman–Crippen MR) is 99.9 cm³/mol. The summed E-state index contributed by atoms with van der Waals surface area (Å²) in [7, 11) is 0. The Morgan fingerprint density at radius 3 is 2.52 bits per heavy atom. The quantitative estimate of drug-likeness (QED) is 0.905. The second kappa shape index (κ2) is 7.89. The van der Waals surface area contributed by atoms with E-state index in [1.165, 1.54) is 6.42 Å². The first-order chi connectivity index (χ1) is 12.1. The number of nitrogens with zero attached hydrogens (tertiary/aromatic N) is 2. The molecule has 1 N–H and O–H groups in total. The largest absolute Gasteiger partial charge is 0.339 e. The van der Waals surface area contributed by atoms with E-state index in [9.17, 15) is 9.59 Å². The smallest absolute Gasteiger partial charge is 0.321 e. The molecule has 136 valence electrons. The second-order valence-electron chi connectivity index (χ2n) is 7.32. The first kappa shape index (κ1) is 17.8. The van der Waals surface area contributed by atoms with Crippen LogP contribution in [0.4, 0.5) is 10.5 Å². The highest BCUT2D eigenvalue weighted by Crippen LogP contribution is 2.22. The molecule has 2 heterocycles. The van der Waals surface area contributed by atoms with Crippen molar-refractivity contribution in [2.75, 3.05) is 31.5 Å². The molecule has 0 saturated carbocycles. The van der Waals surface area contributed by atoms with Crippen LogP contribution < -0.4 is 5.32 Å². The fourth-order valence-electron chi connectivity index (χ4n) is 3.82. The molecule has 5 nitrogen and oxygen atoms in total. The summed E-state index contributed by atoms with van der Waals surface area (Å²) in [5, 5.41) is 3.02. The van der Waals surface area contributed by atoms with Crippen molar-refractivity contribution in [2.45, 2.75) is 46.0 Å². The Kier molecular flexibility index (Phi) is 5.61. The molecule has 0 aromatic heterocycles. The van der Waals surface area contributed by atoms with Gasteiger partial charge in [-0.05, 0) is 62.3 Å². The molecule has 0 radical (unpaired) electrons. The number of anilines is 1. The van der Waals surface area contributed by atoms with Crippen LogP contribution in [0.5, 0.6) is 0 Å². The molecule has 2 fully saturated rings. The van der Waals surface area contributed by atoms with Gasteiger partial charge in [-0.2, -0.15) is 0 Å². The summed E-state index contributed by atoms with van der Waals surface area (Å²) >= 11 is 0. The Hall–Kier alpha value is -2.04. The van der Waals surface area contributed by atoms with Gasteiger partial charge in [0.15, 0.2) is 0 Å². The number of amides is 3. The number of hydrogen-bond donors (Lipinski definition) is 1. The van der Waals surface area contributed by atoms with Crippen LogP contribution in [-0.4, -0.2) is 47.9 Å². The Balaban J connectivity index is 1.64. The molecule has 0 spiro atoms. The van der Waals surface area contributed by atoms with E-state index in [1.54, 1.807) is 0 Å². The van der Waals surface area contributed by atoms with Gasteiger partial charge in [-0.25, -0.2) is 4.79 Å². The maximum Gasteiger partial charge on any atom is 0.321 e. The molecule has 0 aliphatic carbocycles. The van der Waals surface area contributed by atoms with Crippen LogP contribution in [-0.2, 0) is 0 Å². The van der Waals surface area contributed by atoms with Gasteiger partial charge in [0, 0.05) is 37.4 Å². The second-order valence-corrected chi connectivity index (χ2v) is 7.32. The van der Waals surface area contributed by atoms with Gasteiger partial charge in [-0.1, -0.05) is 13.3 Å². The maximum absolute atomic E-state index is 12.5. The van der Waals surface area contributed by atoms with Gasteiger partial charge in [-0.3, -0.25) is 4.79 Å². The van der Waals surface area contributed by atoms with Crippen molar-refractivity contribution in [3.05, 3.63) is 29.3 Å². The number of rotatable bonds is 3. The van der Waals surface area contributed by atoms with Crippen molar-refractivity contribution in [1.29, 1.82) is 0 Å². The van der Waals surface area contributed by atoms with Crippen LogP contribution in [0.15, 0.2) is 18.2 Å². The highest BCUT2D eigenvalue weighted by molar-refractivity contribution is 5.96. The fraction of sp³-hybridized carbons (Fsp3) is 0.600. The number of aryl methyl sites for hydroxylation is 1. The minimum atomic E-state index is -0.0279. The van der Waals surface area contributed by atoms with E-state index >= 15 is 0 Å². The van der Waals surface area contributed by atoms with Gasteiger partial charge in [0.25, 0.3) is 5.91 Å². The lowest BCUT2D eigenvalue weighted by molar-refractivity contribution is 0.0792. The standard InChI is InChI=1S/C20H29N3O2/c1-3-16-7-6-12-23(14-16)20(25)21-18-9-8-17(13-15(18)2)19(24)22-10-4-5-11-22/h8-9,13,16H,3-7,10-12,14H2,1-2H3,(H,21,25). The molecule has 1 unspecified atom stereocenters. The summed E-state index contributed by atoms with van der Waals surface area (Å²) in [4.78, 5) is 28.9. The molecule has 3 rings (SSSR count). The van der Waals surface area contributed by atoms with E-state index in [1.807, 2.05) is 34.9 Å². The highest BCUT2D eigenvalue weighted by Gasteiger charge is 2.23. The third-order valence-electron chi connectivity index (χ3n) is 5.49. The molecular formula is C20H29N3O2. The minimum absolute atomic E-state index is 0.0279. The monoisotopic (exact) mass is 343 g/mol. The van der Waals surface area contributed by atoms with E-state index in [0.29, 0.717) is 11.5 Å². The van der Waals surface area contributed by atoms with Gasteiger partial charge in [-0.15, -0.1) is 0 Å². The number of hydrogen-bond acceptors (Lipinski definition) is 2. The van der Waals surface area contributed by atoms with Crippen LogP contribution in [0.2, 0.25) is 0 Å². The van der Waals surface area contributed by atoms with Gasteiger partial charge < -0.3 is 15.1 Å². The molecule has 2 saturated heterocycles. The average molecular weight is 343 g/mol. The number of carbonyl (C=O) groups is 2. The zero-order valence-corrected chi connectivity index (χ0v) is 15.4. The molecule has 1 aromatic rings. The van der Waals surface area contributed by atoms with E-state index < -0.39 is 0 Å². The zero-order valence-electron chi connectivity index (χ0n) is 15.4. The van der Waals surface area contributed by atoms with E-state index in [-0.39, 0.29) is 11.9 Å². The summed E-state index contributed by atoms with van der Waals surface area (Å²) in [5.41, 5.74) is 2.44. The Morgan fingerprint density at radius 1 is 1.12 bits per heavy atom. The third-order valence-corrected chi connectivity index (χ3v) is 5.49. The number of piperidine rings is 1. The molecule has 1 aromatic carbocycles. The number of urea groups is 1. The predicted octanol–water partition coefficient (Wildman–Crippen LogP) is 3.88. The summed E-state index contributed by atoms with van der Waals surface area (Å²) in [6.45, 7) is 7.50. The molecule has 1 atom stereocenters. The first-order valence-corrected chi connectivity index (χ1v) is 9.54. The summed E-state index contributed by atoms with van der Waals surface area (Å²) < 4.78 is 0. The number of carbonyl (C=O) groups excluding carboxylic acids is 2. The SMILES string of the molecule is CCC1CCCN(C(=O)Nc2ccc(C(=O)N3CCCC3)cc2C)C1. The number of nitrogens with one attached hydrogen (secondary N) is 1. The normalized spacial score (nSPS) is 20.6. The fourth-order valence-corrected chi connectivity index (χ4v) is 3.82. The van der Waals surface area contributed by atoms with Gasteiger partial charge >= 0.3 is 6.03 Å². The van der Waals surface area contributed by atoms with Gasteiger partial charge in [0.05, 0.1) is 0 Å². The highest BCUT2D eigenvalue weighted by atomic mass is 16.2. The molecule has 2 aliphatic heterocycles. The Bertz CT molecular complexity index is 638. The zero-order chi connectivity index (χ0) is 17.8. The van der Waals surface area contributed by atoms with E-state index in [4.69, 9.17) is 0 Å². The van der Waals surface area contributed by atoms with Crippen LogP contribution in [0.25, 0.3) is 0 Å².